The predicted octanol–water partition coefficient (Wildman–Crippen LogP) is 3.73. The van der Waals surface area contributed by atoms with Gasteiger partial charge in [0.05, 0.1) is 19.2 Å². The molecular weight excluding hydrogens is 294 g/mol. The third-order valence-electron chi connectivity index (χ3n) is 3.81. The number of ether oxygens (including phenoxy) is 2. The summed E-state index contributed by atoms with van der Waals surface area (Å²) in [5.41, 5.74) is 1.13. The minimum absolute atomic E-state index is 0.595. The molecule has 0 radical (unpaired) electrons. The van der Waals surface area contributed by atoms with E-state index in [0.717, 1.165) is 17.4 Å². The minimum atomic E-state index is 0.595. The zero-order valence-electron chi connectivity index (χ0n) is 12.2. The number of methoxy groups -OCH3 is 2. The van der Waals surface area contributed by atoms with Gasteiger partial charge in [-0.1, -0.05) is 11.6 Å². The number of thioether (sulfide) groups is 1. The van der Waals surface area contributed by atoms with Crippen LogP contribution in [0.15, 0.2) is 12.1 Å². The van der Waals surface area contributed by atoms with Crippen LogP contribution in [-0.2, 0) is 6.54 Å². The van der Waals surface area contributed by atoms with Crippen LogP contribution >= 0.6 is 23.4 Å². The summed E-state index contributed by atoms with van der Waals surface area (Å²) >= 11 is 8.19. The Labute approximate surface area is 130 Å². The maximum Gasteiger partial charge on any atom is 0.179 e. The SMILES string of the molecule is COc1cc(CNC2CCC(SC)C2)cc(Cl)c1OC. The summed E-state index contributed by atoms with van der Waals surface area (Å²) < 4.78 is 10.6. The molecule has 5 heteroatoms. The van der Waals surface area contributed by atoms with Crippen molar-refractivity contribution in [1.82, 2.24) is 5.32 Å². The van der Waals surface area contributed by atoms with Gasteiger partial charge in [-0.05, 0) is 43.2 Å². The second-order valence-electron chi connectivity index (χ2n) is 5.06. The molecule has 112 valence electrons. The Morgan fingerprint density at radius 3 is 2.70 bits per heavy atom. The Morgan fingerprint density at radius 1 is 1.30 bits per heavy atom. The highest BCUT2D eigenvalue weighted by atomic mass is 35.5. The molecule has 0 saturated heterocycles. The fraction of sp³-hybridized carbons (Fsp3) is 0.600. The lowest BCUT2D eigenvalue weighted by Crippen LogP contribution is -2.26. The molecule has 20 heavy (non-hydrogen) atoms. The summed E-state index contributed by atoms with van der Waals surface area (Å²) in [6.07, 6.45) is 6.02. The average molecular weight is 316 g/mol. The molecule has 0 aromatic heterocycles. The topological polar surface area (TPSA) is 30.5 Å². The summed E-state index contributed by atoms with van der Waals surface area (Å²) in [6, 6.07) is 4.54. The normalized spacial score (nSPS) is 22.0. The van der Waals surface area contributed by atoms with Gasteiger partial charge in [0.2, 0.25) is 0 Å². The van der Waals surface area contributed by atoms with Gasteiger partial charge in [-0.15, -0.1) is 0 Å². The summed E-state index contributed by atoms with van der Waals surface area (Å²) in [4.78, 5) is 0. The number of halogens is 1. The monoisotopic (exact) mass is 315 g/mol. The van der Waals surface area contributed by atoms with Crippen LogP contribution in [0.4, 0.5) is 0 Å². The standard InChI is InChI=1S/C15H22ClNO2S/c1-18-14-7-10(6-13(16)15(14)19-2)9-17-11-4-5-12(8-11)20-3/h6-7,11-12,17H,4-5,8-9H2,1-3H3. The Morgan fingerprint density at radius 2 is 2.10 bits per heavy atom. The van der Waals surface area contributed by atoms with Crippen molar-refractivity contribution in [2.45, 2.75) is 37.1 Å². The summed E-state index contributed by atoms with van der Waals surface area (Å²) in [7, 11) is 3.23. The second-order valence-corrected chi connectivity index (χ2v) is 6.61. The first-order valence-electron chi connectivity index (χ1n) is 6.84. The van der Waals surface area contributed by atoms with E-state index in [-0.39, 0.29) is 0 Å². The highest BCUT2D eigenvalue weighted by Gasteiger charge is 2.23. The number of benzene rings is 1. The molecular formula is C15H22ClNO2S. The largest absolute Gasteiger partial charge is 0.493 e. The van der Waals surface area contributed by atoms with Gasteiger partial charge >= 0.3 is 0 Å². The number of nitrogens with one attached hydrogen (secondary N) is 1. The quantitative estimate of drug-likeness (QED) is 0.866. The molecule has 1 aromatic carbocycles. The van der Waals surface area contributed by atoms with Crippen molar-refractivity contribution in [2.24, 2.45) is 0 Å². The lowest BCUT2D eigenvalue weighted by Gasteiger charge is -2.15. The van der Waals surface area contributed by atoms with Gasteiger partial charge in [0.1, 0.15) is 0 Å². The van der Waals surface area contributed by atoms with E-state index < -0.39 is 0 Å². The Hall–Kier alpha value is -0.580. The molecule has 0 heterocycles. The predicted molar refractivity (Wildman–Crippen MR) is 86.3 cm³/mol. The Kier molecular flexibility index (Phi) is 5.87. The molecule has 2 atom stereocenters. The Bertz CT molecular complexity index is 456. The van der Waals surface area contributed by atoms with Crippen molar-refractivity contribution in [3.05, 3.63) is 22.7 Å². The molecule has 1 aromatic rings. The first kappa shape index (κ1) is 15.8. The molecule has 1 aliphatic carbocycles. The number of hydrogen-bond acceptors (Lipinski definition) is 4. The lowest BCUT2D eigenvalue weighted by molar-refractivity contribution is 0.354. The molecule has 0 amide bonds. The van der Waals surface area contributed by atoms with E-state index >= 15 is 0 Å². The van der Waals surface area contributed by atoms with Gasteiger partial charge in [-0.3, -0.25) is 0 Å². The van der Waals surface area contributed by atoms with Crippen LogP contribution < -0.4 is 14.8 Å². The van der Waals surface area contributed by atoms with E-state index in [1.54, 1.807) is 14.2 Å². The van der Waals surface area contributed by atoms with Crippen molar-refractivity contribution in [3.63, 3.8) is 0 Å². The second kappa shape index (κ2) is 7.43. The van der Waals surface area contributed by atoms with Crippen LogP contribution in [0.5, 0.6) is 11.5 Å². The molecule has 1 saturated carbocycles. The summed E-state index contributed by atoms with van der Waals surface area (Å²) in [6.45, 7) is 0.811. The van der Waals surface area contributed by atoms with E-state index in [0.29, 0.717) is 22.6 Å². The van der Waals surface area contributed by atoms with Gasteiger partial charge in [0.25, 0.3) is 0 Å². The molecule has 2 rings (SSSR count). The molecule has 1 N–H and O–H groups in total. The molecule has 2 unspecified atom stereocenters. The van der Waals surface area contributed by atoms with E-state index in [1.165, 1.54) is 19.3 Å². The third kappa shape index (κ3) is 3.74. The van der Waals surface area contributed by atoms with Crippen molar-refractivity contribution < 1.29 is 9.47 Å². The van der Waals surface area contributed by atoms with Gasteiger partial charge in [0, 0.05) is 17.8 Å². The number of rotatable bonds is 6. The van der Waals surface area contributed by atoms with Crippen LogP contribution in [-0.4, -0.2) is 31.8 Å². The van der Waals surface area contributed by atoms with Gasteiger partial charge in [0.15, 0.2) is 11.5 Å². The summed E-state index contributed by atoms with van der Waals surface area (Å²) in [5.74, 6) is 1.28. The lowest BCUT2D eigenvalue weighted by atomic mass is 10.1. The van der Waals surface area contributed by atoms with E-state index in [9.17, 15) is 0 Å². The highest BCUT2D eigenvalue weighted by Crippen LogP contribution is 2.36. The number of hydrogen-bond donors (Lipinski definition) is 1. The smallest absolute Gasteiger partial charge is 0.179 e. The zero-order chi connectivity index (χ0) is 14.5. The fourth-order valence-corrected chi connectivity index (χ4v) is 3.78. The molecule has 3 nitrogen and oxygen atoms in total. The Balaban J connectivity index is 1.98. The van der Waals surface area contributed by atoms with Gasteiger partial charge in [-0.25, -0.2) is 0 Å². The van der Waals surface area contributed by atoms with Crippen LogP contribution in [0.25, 0.3) is 0 Å². The van der Waals surface area contributed by atoms with Crippen LogP contribution in [0, 0.1) is 0 Å². The van der Waals surface area contributed by atoms with Crippen LogP contribution in [0.1, 0.15) is 24.8 Å². The van der Waals surface area contributed by atoms with Crippen LogP contribution in [0.3, 0.4) is 0 Å². The highest BCUT2D eigenvalue weighted by molar-refractivity contribution is 7.99. The van der Waals surface area contributed by atoms with Crippen molar-refractivity contribution in [1.29, 1.82) is 0 Å². The molecule has 1 fully saturated rings. The van der Waals surface area contributed by atoms with Crippen molar-refractivity contribution >= 4 is 23.4 Å². The molecule has 0 bridgehead atoms. The first-order chi connectivity index (χ1) is 9.67. The van der Waals surface area contributed by atoms with Crippen molar-refractivity contribution in [3.8, 4) is 11.5 Å². The summed E-state index contributed by atoms with van der Waals surface area (Å²) in [5, 5.41) is 5.01. The van der Waals surface area contributed by atoms with E-state index in [2.05, 4.69) is 11.6 Å². The van der Waals surface area contributed by atoms with E-state index in [1.807, 2.05) is 23.9 Å². The molecule has 0 aliphatic heterocycles. The first-order valence-corrected chi connectivity index (χ1v) is 8.51. The maximum atomic E-state index is 6.22. The minimum Gasteiger partial charge on any atom is -0.493 e. The van der Waals surface area contributed by atoms with Crippen molar-refractivity contribution in [2.75, 3.05) is 20.5 Å². The average Bonchev–Trinajstić information content (AvgIpc) is 2.92. The van der Waals surface area contributed by atoms with Gasteiger partial charge in [-0.2, -0.15) is 11.8 Å². The zero-order valence-corrected chi connectivity index (χ0v) is 13.8. The molecule has 0 spiro atoms. The van der Waals surface area contributed by atoms with E-state index in [4.69, 9.17) is 21.1 Å². The van der Waals surface area contributed by atoms with Crippen LogP contribution in [0.2, 0.25) is 5.02 Å². The maximum absolute atomic E-state index is 6.22. The third-order valence-corrected chi connectivity index (χ3v) is 5.18. The molecule has 1 aliphatic rings. The fourth-order valence-electron chi connectivity index (χ4n) is 2.68. The van der Waals surface area contributed by atoms with Gasteiger partial charge < -0.3 is 14.8 Å².